The van der Waals surface area contributed by atoms with Gasteiger partial charge in [0.2, 0.25) is 35.4 Å². The van der Waals surface area contributed by atoms with E-state index in [1.165, 1.54) is 84.3 Å². The van der Waals surface area contributed by atoms with Crippen molar-refractivity contribution in [3.05, 3.63) is 48.1 Å². The van der Waals surface area contributed by atoms with Crippen LogP contribution in [0.2, 0.25) is 0 Å². The SMILES string of the molecule is CCS(=O)(=O)c1nc2ccccn2c1S(=O)(=O)NC(=O)Nc1nc(OC)cc(OC)n1.CCS(=O)(=O)c1nc2sccn2c1S(=O)(=O)NC(=O)Nc1nc(OC)cc(OC)n1. The molecule has 6 heterocycles. The van der Waals surface area contributed by atoms with E-state index in [1.807, 2.05) is 0 Å². The summed E-state index contributed by atoms with van der Waals surface area (Å²) in [6, 6.07) is 4.73. The number of nitrogens with zero attached hydrogens (tertiary/aromatic N) is 8. The number of fused-ring (bicyclic) bond motifs is 2. The zero-order chi connectivity index (χ0) is 44.9. The molecule has 0 fully saturated rings. The zero-order valence-corrected chi connectivity index (χ0v) is 36.4. The maximum Gasteiger partial charge on any atom is 0.335 e. The lowest BCUT2D eigenvalue weighted by atomic mass is 10.5. The predicted octanol–water partition coefficient (Wildman–Crippen LogP) is 0.953. The molecule has 4 amide bonds. The minimum atomic E-state index is -4.68. The number of aromatic nitrogens is 8. The van der Waals surface area contributed by atoms with Crippen molar-refractivity contribution in [3.63, 3.8) is 0 Å². The predicted molar refractivity (Wildman–Crippen MR) is 213 cm³/mol. The van der Waals surface area contributed by atoms with Gasteiger partial charge < -0.3 is 18.9 Å². The number of hydrogen-bond acceptors (Lipinski definition) is 21. The Morgan fingerprint density at radius 1 is 0.607 bits per heavy atom. The van der Waals surface area contributed by atoms with Crippen LogP contribution >= 0.6 is 11.3 Å². The van der Waals surface area contributed by atoms with E-state index in [2.05, 4.69) is 40.5 Å². The number of sulfonamides is 2. The summed E-state index contributed by atoms with van der Waals surface area (Å²) < 4.78 is 127. The average molecular weight is 947 g/mol. The fourth-order valence-electron chi connectivity index (χ4n) is 4.80. The standard InChI is InChI=1S/C16H18N6O7S2.C14H16N6O7S3/c1-4-30(24,25)13-14(22-8-6-5-7-10(22)17-13)31(26,27)21-16(23)20-15-18-11(28-2)9-12(19-15)29-3;1-4-29(22,23)10-11(20-5-6-28-14(20)17-10)30(24,25)19-13(21)18-12-15-8(26-2)7-9(16-12)27-3/h5-9H,4H2,1-3H3,(H2,18,19,20,21,23);5-7H,4H2,1-3H3,(H2,15,16,18,19,21). The summed E-state index contributed by atoms with van der Waals surface area (Å²) in [5.74, 6) is -1.12. The van der Waals surface area contributed by atoms with Gasteiger partial charge in [-0.25, -0.2) is 45.8 Å². The Hall–Kier alpha value is -6.44. The molecule has 0 unspecified atom stereocenters. The lowest BCUT2D eigenvalue weighted by Gasteiger charge is -2.10. The van der Waals surface area contributed by atoms with Crippen molar-refractivity contribution < 1.29 is 62.2 Å². The summed E-state index contributed by atoms with van der Waals surface area (Å²) in [6.45, 7) is 2.70. The molecule has 4 N–H and O–H groups in total. The van der Waals surface area contributed by atoms with Gasteiger partial charge >= 0.3 is 12.1 Å². The van der Waals surface area contributed by atoms with Crippen molar-refractivity contribution in [2.45, 2.75) is 34.0 Å². The summed E-state index contributed by atoms with van der Waals surface area (Å²) in [7, 11) is -12.0. The number of imidazole rings is 2. The molecule has 61 heavy (non-hydrogen) atoms. The number of ether oxygens (including phenoxy) is 4. The highest BCUT2D eigenvalue weighted by atomic mass is 32.2. The van der Waals surface area contributed by atoms with Gasteiger partial charge in [0.1, 0.15) is 5.65 Å². The molecular formula is C30H34N12O14S5. The summed E-state index contributed by atoms with van der Waals surface area (Å²) >= 11 is 1.04. The zero-order valence-electron chi connectivity index (χ0n) is 32.4. The Bertz CT molecular complexity index is 3030. The van der Waals surface area contributed by atoms with Crippen molar-refractivity contribution in [3.8, 4) is 23.5 Å². The lowest BCUT2D eigenvalue weighted by Crippen LogP contribution is -2.36. The molecule has 0 bridgehead atoms. The van der Waals surface area contributed by atoms with Crippen LogP contribution in [0.15, 0.2) is 68.2 Å². The second-order valence-electron chi connectivity index (χ2n) is 11.4. The molecule has 0 saturated carbocycles. The maximum atomic E-state index is 13.0. The number of sulfone groups is 2. The average Bonchev–Trinajstić information content (AvgIpc) is 3.95. The van der Waals surface area contributed by atoms with E-state index >= 15 is 0 Å². The van der Waals surface area contributed by atoms with Crippen LogP contribution in [0.5, 0.6) is 23.5 Å². The number of pyridine rings is 1. The number of carbonyl (C=O) groups excluding carboxylic acids is 2. The highest BCUT2D eigenvalue weighted by molar-refractivity contribution is 7.94. The fourth-order valence-corrected chi connectivity index (χ4v) is 10.9. The molecule has 0 aliphatic carbocycles. The van der Waals surface area contributed by atoms with Crippen molar-refractivity contribution in [1.82, 2.24) is 48.1 Å². The molecule has 26 nitrogen and oxygen atoms in total. The molecule has 0 spiro atoms. The largest absolute Gasteiger partial charge is 0.481 e. The molecule has 0 radical (unpaired) electrons. The minimum absolute atomic E-state index is 0.0584. The van der Waals surface area contributed by atoms with Crippen molar-refractivity contribution in [1.29, 1.82) is 0 Å². The minimum Gasteiger partial charge on any atom is -0.481 e. The Morgan fingerprint density at radius 2 is 1.03 bits per heavy atom. The molecule has 0 saturated heterocycles. The molecule has 6 rings (SSSR count). The first-order valence-electron chi connectivity index (χ1n) is 16.7. The number of methoxy groups -OCH3 is 4. The number of thiazole rings is 1. The number of rotatable bonds is 14. The summed E-state index contributed by atoms with van der Waals surface area (Å²) in [6.07, 6.45) is 2.66. The number of anilines is 2. The van der Waals surface area contributed by atoms with Gasteiger partial charge in [-0.2, -0.15) is 36.8 Å². The highest BCUT2D eigenvalue weighted by Crippen LogP contribution is 2.27. The molecule has 0 aliphatic rings. The number of carbonyl (C=O) groups is 2. The van der Waals surface area contributed by atoms with Crippen LogP contribution in [-0.2, 0) is 39.7 Å². The third-order valence-electron chi connectivity index (χ3n) is 7.60. The Balaban J connectivity index is 0.000000231. The topological polar surface area (TPSA) is 342 Å². The van der Waals surface area contributed by atoms with E-state index in [4.69, 9.17) is 18.9 Å². The van der Waals surface area contributed by atoms with Crippen molar-refractivity contribution >= 4 is 85.6 Å². The van der Waals surface area contributed by atoms with Crippen LogP contribution in [0.1, 0.15) is 13.8 Å². The lowest BCUT2D eigenvalue weighted by molar-refractivity contribution is 0.255. The molecule has 0 aromatic carbocycles. The maximum absolute atomic E-state index is 13.0. The second-order valence-corrected chi connectivity index (χ2v) is 19.9. The number of urea groups is 2. The van der Waals surface area contributed by atoms with E-state index in [9.17, 15) is 43.3 Å². The fraction of sp³-hybridized carbons (Fsp3) is 0.267. The van der Waals surface area contributed by atoms with Gasteiger partial charge in [0.05, 0.1) is 52.1 Å². The van der Waals surface area contributed by atoms with Gasteiger partial charge in [0.25, 0.3) is 20.0 Å². The van der Waals surface area contributed by atoms with Gasteiger partial charge in [-0.3, -0.25) is 19.4 Å². The molecule has 6 aromatic heterocycles. The first kappa shape index (κ1) is 45.6. The van der Waals surface area contributed by atoms with Crippen LogP contribution in [0, 0.1) is 0 Å². The Labute approximate surface area is 350 Å². The normalized spacial score (nSPS) is 11.9. The van der Waals surface area contributed by atoms with E-state index in [-0.39, 0.29) is 57.5 Å². The quantitative estimate of drug-likeness (QED) is 0.118. The van der Waals surface area contributed by atoms with Gasteiger partial charge in [0.15, 0.2) is 44.7 Å². The van der Waals surface area contributed by atoms with Gasteiger partial charge in [-0.1, -0.05) is 19.9 Å². The molecule has 0 atom stereocenters. The van der Waals surface area contributed by atoms with Crippen LogP contribution < -0.4 is 39.0 Å². The van der Waals surface area contributed by atoms with E-state index < -0.39 is 71.9 Å². The number of nitrogens with one attached hydrogen (secondary N) is 4. The Kier molecular flexibility index (Phi) is 13.5. The highest BCUT2D eigenvalue weighted by Gasteiger charge is 2.35. The smallest absolute Gasteiger partial charge is 0.335 e. The monoisotopic (exact) mass is 946 g/mol. The van der Waals surface area contributed by atoms with Crippen LogP contribution in [-0.4, -0.2) is 124 Å². The van der Waals surface area contributed by atoms with Crippen molar-refractivity contribution in [2.24, 2.45) is 0 Å². The first-order chi connectivity index (χ1) is 28.7. The van der Waals surface area contributed by atoms with Gasteiger partial charge in [-0.15, -0.1) is 11.3 Å². The van der Waals surface area contributed by atoms with E-state index in [1.54, 1.807) is 15.5 Å². The van der Waals surface area contributed by atoms with E-state index in [0.717, 1.165) is 20.1 Å². The van der Waals surface area contributed by atoms with Crippen LogP contribution in [0.4, 0.5) is 21.5 Å². The second kappa shape index (κ2) is 18.0. The summed E-state index contributed by atoms with van der Waals surface area (Å²) in [4.78, 5) is 48.0. The van der Waals surface area contributed by atoms with Gasteiger partial charge in [0, 0.05) is 17.8 Å². The third kappa shape index (κ3) is 10.1. The van der Waals surface area contributed by atoms with Crippen molar-refractivity contribution in [2.75, 3.05) is 50.6 Å². The summed E-state index contributed by atoms with van der Waals surface area (Å²) in [5, 5.41) is 3.14. The summed E-state index contributed by atoms with van der Waals surface area (Å²) in [5.41, 5.74) is 0.0798. The van der Waals surface area contributed by atoms with Crippen LogP contribution in [0.3, 0.4) is 0 Å². The molecule has 6 aromatic rings. The number of amides is 4. The Morgan fingerprint density at radius 3 is 1.46 bits per heavy atom. The van der Waals surface area contributed by atoms with Gasteiger partial charge in [-0.05, 0) is 12.1 Å². The van der Waals surface area contributed by atoms with E-state index in [0.29, 0.717) is 0 Å². The number of hydrogen-bond donors (Lipinski definition) is 4. The third-order valence-corrected chi connectivity index (χ3v) is 14.6. The first-order valence-corrected chi connectivity index (χ1v) is 23.9. The molecule has 31 heteroatoms. The molecule has 0 aliphatic heterocycles. The molecule has 328 valence electrons. The molecular weight excluding hydrogens is 913 g/mol. The van der Waals surface area contributed by atoms with Crippen LogP contribution in [0.25, 0.3) is 10.6 Å².